The highest BCUT2D eigenvalue weighted by Gasteiger charge is 2.23. The summed E-state index contributed by atoms with van der Waals surface area (Å²) < 4.78 is 12.7. The molecular weight excluding hydrogens is 231 g/mol. The van der Waals surface area contributed by atoms with E-state index in [1.807, 2.05) is 11.9 Å². The fourth-order valence-corrected chi connectivity index (χ4v) is 2.04. The van der Waals surface area contributed by atoms with Gasteiger partial charge in [0, 0.05) is 25.2 Å². The van der Waals surface area contributed by atoms with Crippen LogP contribution in [-0.4, -0.2) is 37.0 Å². The van der Waals surface area contributed by atoms with E-state index >= 15 is 0 Å². The maximum atomic E-state index is 12.7. The second-order valence-electron chi connectivity index (χ2n) is 4.44. The monoisotopic (exact) mass is 248 g/mol. The minimum Gasteiger partial charge on any atom is -0.338 e. The predicted molar refractivity (Wildman–Crippen MR) is 69.5 cm³/mol. The lowest BCUT2D eigenvalue weighted by Crippen LogP contribution is -2.32. The molecule has 1 atom stereocenters. The number of likely N-dealkylation sites (N-methyl/N-ethyl adjacent to an activating group) is 1. The van der Waals surface area contributed by atoms with Crippen molar-refractivity contribution in [3.63, 3.8) is 0 Å². The van der Waals surface area contributed by atoms with Crippen molar-refractivity contribution in [2.24, 2.45) is 0 Å². The largest absolute Gasteiger partial charge is 0.338 e. The van der Waals surface area contributed by atoms with Crippen molar-refractivity contribution in [1.29, 1.82) is 0 Å². The van der Waals surface area contributed by atoms with Crippen molar-refractivity contribution in [2.45, 2.75) is 12.5 Å². The summed E-state index contributed by atoms with van der Waals surface area (Å²) >= 11 is 0. The van der Waals surface area contributed by atoms with E-state index in [1.165, 1.54) is 12.1 Å². The van der Waals surface area contributed by atoms with E-state index < -0.39 is 0 Å². The molecular formula is C14H17FN2O. The van der Waals surface area contributed by atoms with Crippen LogP contribution in [0.5, 0.6) is 0 Å². The summed E-state index contributed by atoms with van der Waals surface area (Å²) in [5.74, 6) is -0.257. The first kappa shape index (κ1) is 12.8. The average Bonchev–Trinajstić information content (AvgIpc) is 2.86. The number of carbonyl (C=O) groups is 1. The molecule has 1 aromatic rings. The van der Waals surface area contributed by atoms with Crippen LogP contribution in [0.3, 0.4) is 0 Å². The van der Waals surface area contributed by atoms with Gasteiger partial charge in [-0.1, -0.05) is 12.1 Å². The minimum absolute atomic E-state index is 0.0112. The molecule has 1 unspecified atom stereocenters. The summed E-state index contributed by atoms with van der Waals surface area (Å²) in [6, 6.07) is 6.47. The summed E-state index contributed by atoms with van der Waals surface area (Å²) in [5.41, 5.74) is 0.828. The predicted octanol–water partition coefficient (Wildman–Crippen LogP) is 1.66. The van der Waals surface area contributed by atoms with Crippen LogP contribution in [-0.2, 0) is 4.79 Å². The molecule has 1 amide bonds. The van der Waals surface area contributed by atoms with Crippen LogP contribution in [0.2, 0.25) is 0 Å². The van der Waals surface area contributed by atoms with E-state index in [0.717, 1.165) is 25.1 Å². The molecule has 4 heteroatoms. The van der Waals surface area contributed by atoms with E-state index in [1.54, 1.807) is 24.3 Å². The number of amides is 1. The van der Waals surface area contributed by atoms with Gasteiger partial charge in [0.05, 0.1) is 0 Å². The Labute approximate surface area is 106 Å². The van der Waals surface area contributed by atoms with E-state index in [9.17, 15) is 9.18 Å². The van der Waals surface area contributed by atoms with Gasteiger partial charge in [0.15, 0.2) is 0 Å². The zero-order valence-electron chi connectivity index (χ0n) is 10.4. The van der Waals surface area contributed by atoms with Crippen molar-refractivity contribution in [2.75, 3.05) is 20.1 Å². The number of hydrogen-bond acceptors (Lipinski definition) is 2. The number of rotatable bonds is 3. The number of hydrogen-bond donors (Lipinski definition) is 1. The molecule has 96 valence electrons. The third kappa shape index (κ3) is 3.17. The molecule has 18 heavy (non-hydrogen) atoms. The Hall–Kier alpha value is -1.68. The molecule has 0 spiro atoms. The van der Waals surface area contributed by atoms with Crippen LogP contribution in [0, 0.1) is 5.82 Å². The third-order valence-corrected chi connectivity index (χ3v) is 3.20. The number of nitrogens with zero attached hydrogens (tertiary/aromatic N) is 1. The zero-order chi connectivity index (χ0) is 13.0. The SMILES string of the molecule is CNC1CCN(C(=O)/C=C/c2ccc(F)cc2)C1. The average molecular weight is 248 g/mol. The first-order valence-corrected chi connectivity index (χ1v) is 6.09. The first-order chi connectivity index (χ1) is 8.69. The van der Waals surface area contributed by atoms with Crippen molar-refractivity contribution < 1.29 is 9.18 Å². The van der Waals surface area contributed by atoms with E-state index in [2.05, 4.69) is 5.32 Å². The van der Waals surface area contributed by atoms with Gasteiger partial charge in [-0.25, -0.2) is 4.39 Å². The fourth-order valence-electron chi connectivity index (χ4n) is 2.04. The molecule has 0 radical (unpaired) electrons. The van der Waals surface area contributed by atoms with Crippen molar-refractivity contribution in [1.82, 2.24) is 10.2 Å². The van der Waals surface area contributed by atoms with Gasteiger partial charge < -0.3 is 10.2 Å². The topological polar surface area (TPSA) is 32.3 Å². The Morgan fingerprint density at radius 2 is 2.17 bits per heavy atom. The highest BCUT2D eigenvalue weighted by Crippen LogP contribution is 2.10. The lowest BCUT2D eigenvalue weighted by molar-refractivity contribution is -0.125. The van der Waals surface area contributed by atoms with Gasteiger partial charge in [-0.2, -0.15) is 0 Å². The molecule has 0 aliphatic carbocycles. The highest BCUT2D eigenvalue weighted by molar-refractivity contribution is 5.92. The summed E-state index contributed by atoms with van der Waals surface area (Å²) in [4.78, 5) is 13.7. The Morgan fingerprint density at radius 1 is 1.44 bits per heavy atom. The van der Waals surface area contributed by atoms with Crippen molar-refractivity contribution in [3.8, 4) is 0 Å². The summed E-state index contributed by atoms with van der Waals surface area (Å²) in [5, 5.41) is 3.17. The van der Waals surface area contributed by atoms with Crippen molar-refractivity contribution in [3.05, 3.63) is 41.7 Å². The molecule has 0 saturated carbocycles. The van der Waals surface area contributed by atoms with Crippen LogP contribution < -0.4 is 5.32 Å². The number of benzene rings is 1. The van der Waals surface area contributed by atoms with Gasteiger partial charge >= 0.3 is 0 Å². The summed E-state index contributed by atoms with van der Waals surface area (Å²) in [7, 11) is 1.91. The summed E-state index contributed by atoms with van der Waals surface area (Å²) in [6.07, 6.45) is 4.26. The number of carbonyl (C=O) groups excluding carboxylic acids is 1. The van der Waals surface area contributed by atoms with Gasteiger partial charge in [0.2, 0.25) is 5.91 Å². The standard InChI is InChI=1S/C14H17FN2O/c1-16-13-8-9-17(10-13)14(18)7-4-11-2-5-12(15)6-3-11/h2-7,13,16H,8-10H2,1H3/b7-4+. The minimum atomic E-state index is -0.269. The molecule has 2 rings (SSSR count). The molecule has 1 aliphatic heterocycles. The van der Waals surface area contributed by atoms with Gasteiger partial charge in [-0.3, -0.25) is 4.79 Å². The highest BCUT2D eigenvalue weighted by atomic mass is 19.1. The Balaban J connectivity index is 1.93. The summed E-state index contributed by atoms with van der Waals surface area (Å²) in [6.45, 7) is 1.54. The number of nitrogens with one attached hydrogen (secondary N) is 1. The van der Waals surface area contributed by atoms with Gasteiger partial charge in [-0.15, -0.1) is 0 Å². The van der Waals surface area contributed by atoms with Crippen LogP contribution in [0.15, 0.2) is 30.3 Å². The Bertz CT molecular complexity index is 442. The van der Waals surface area contributed by atoms with E-state index in [0.29, 0.717) is 6.04 Å². The lowest BCUT2D eigenvalue weighted by Gasteiger charge is -2.13. The van der Waals surface area contributed by atoms with Gasteiger partial charge in [-0.05, 0) is 37.2 Å². The molecule has 3 nitrogen and oxygen atoms in total. The van der Waals surface area contributed by atoms with Gasteiger partial charge in [0.25, 0.3) is 0 Å². The second-order valence-corrected chi connectivity index (χ2v) is 4.44. The first-order valence-electron chi connectivity index (χ1n) is 6.09. The van der Waals surface area contributed by atoms with Crippen molar-refractivity contribution >= 4 is 12.0 Å². The second kappa shape index (κ2) is 5.78. The fraction of sp³-hybridized carbons (Fsp3) is 0.357. The van der Waals surface area contributed by atoms with Crippen LogP contribution in [0.1, 0.15) is 12.0 Å². The molecule has 1 aliphatic rings. The van der Waals surface area contributed by atoms with Crippen LogP contribution >= 0.6 is 0 Å². The van der Waals surface area contributed by atoms with Crippen LogP contribution in [0.25, 0.3) is 6.08 Å². The Kier molecular flexibility index (Phi) is 4.10. The molecule has 1 saturated heterocycles. The zero-order valence-corrected chi connectivity index (χ0v) is 10.4. The Morgan fingerprint density at radius 3 is 2.78 bits per heavy atom. The lowest BCUT2D eigenvalue weighted by atomic mass is 10.2. The van der Waals surface area contributed by atoms with E-state index in [-0.39, 0.29) is 11.7 Å². The molecule has 0 bridgehead atoms. The molecule has 0 aromatic heterocycles. The molecule has 1 fully saturated rings. The molecule has 1 aromatic carbocycles. The van der Waals surface area contributed by atoms with E-state index in [4.69, 9.17) is 0 Å². The smallest absolute Gasteiger partial charge is 0.246 e. The quantitative estimate of drug-likeness (QED) is 0.825. The maximum Gasteiger partial charge on any atom is 0.246 e. The molecule has 1 heterocycles. The molecule has 1 N–H and O–H groups in total. The number of likely N-dealkylation sites (tertiary alicyclic amines) is 1. The third-order valence-electron chi connectivity index (χ3n) is 3.20. The maximum absolute atomic E-state index is 12.7. The normalized spacial score (nSPS) is 19.7. The van der Waals surface area contributed by atoms with Gasteiger partial charge in [0.1, 0.15) is 5.82 Å². The van der Waals surface area contributed by atoms with Crippen LogP contribution in [0.4, 0.5) is 4.39 Å². The number of halogens is 1.